The van der Waals surface area contributed by atoms with Crippen LogP contribution in [-0.2, 0) is 21.5 Å². The maximum absolute atomic E-state index is 13.3. The topological polar surface area (TPSA) is 79.7 Å². The molecule has 1 spiro atoms. The smallest absolute Gasteiger partial charge is 0.366 e. The molecule has 5 fully saturated rings. The minimum atomic E-state index is -4.24. The summed E-state index contributed by atoms with van der Waals surface area (Å²) < 4.78 is 47.3. The molecule has 1 unspecified atom stereocenters. The number of halogens is 3. The summed E-state index contributed by atoms with van der Waals surface area (Å²) in [6, 6.07) is -0.122. The molecule has 11 heteroatoms. The number of amides is 3. The summed E-state index contributed by atoms with van der Waals surface area (Å²) >= 11 is 0. The van der Waals surface area contributed by atoms with E-state index in [0.29, 0.717) is 25.6 Å². The molecule has 2 saturated carbocycles. The van der Waals surface area contributed by atoms with Crippen molar-refractivity contribution < 1.29 is 27.5 Å². The number of likely N-dealkylation sites (tertiary alicyclic amines) is 2. The first-order valence-electron chi connectivity index (χ1n) is 11.7. The lowest BCUT2D eigenvalue weighted by atomic mass is 9.58. The number of fused-ring (bicyclic) bond motifs is 1. The Bertz CT molecular complexity index is 961. The second-order valence-electron chi connectivity index (χ2n) is 10.7. The first-order valence-corrected chi connectivity index (χ1v) is 11.7. The second-order valence-corrected chi connectivity index (χ2v) is 10.7. The van der Waals surface area contributed by atoms with Crippen molar-refractivity contribution in [2.45, 2.75) is 62.4 Å². The van der Waals surface area contributed by atoms with E-state index in [1.807, 2.05) is 4.90 Å². The second kappa shape index (κ2) is 7.10. The van der Waals surface area contributed by atoms with E-state index in [0.717, 1.165) is 32.4 Å². The number of aromatic nitrogens is 2. The van der Waals surface area contributed by atoms with E-state index in [2.05, 4.69) is 10.3 Å². The van der Waals surface area contributed by atoms with Crippen LogP contribution in [0.3, 0.4) is 0 Å². The molecular weight excluding hydrogens is 439 g/mol. The van der Waals surface area contributed by atoms with Crippen LogP contribution >= 0.6 is 0 Å². The summed E-state index contributed by atoms with van der Waals surface area (Å²) in [5.74, 6) is 0.264. The Morgan fingerprint density at radius 3 is 2.70 bits per heavy atom. The van der Waals surface area contributed by atoms with Gasteiger partial charge in [0.1, 0.15) is 12.0 Å². The van der Waals surface area contributed by atoms with E-state index in [-0.39, 0.29) is 54.6 Å². The van der Waals surface area contributed by atoms with Gasteiger partial charge in [-0.25, -0.2) is 9.78 Å². The third kappa shape index (κ3) is 3.50. The Balaban J connectivity index is 0.979. The molecule has 6 rings (SSSR count). The number of imidazole rings is 1. The molecule has 0 aromatic carbocycles. The normalized spacial score (nSPS) is 30.3. The molecule has 3 saturated heterocycles. The fourth-order valence-electron chi connectivity index (χ4n) is 6.34. The Labute approximate surface area is 189 Å². The first-order chi connectivity index (χ1) is 15.7. The molecule has 33 heavy (non-hydrogen) atoms. The van der Waals surface area contributed by atoms with Gasteiger partial charge in [-0.05, 0) is 38.0 Å². The molecule has 3 aliphatic heterocycles. The third-order valence-corrected chi connectivity index (χ3v) is 8.25. The molecule has 8 nitrogen and oxygen atoms in total. The average molecular weight is 467 g/mol. The zero-order valence-corrected chi connectivity index (χ0v) is 18.3. The molecule has 2 aliphatic carbocycles. The summed E-state index contributed by atoms with van der Waals surface area (Å²) in [6.45, 7) is 3.32. The predicted molar refractivity (Wildman–Crippen MR) is 109 cm³/mol. The minimum absolute atomic E-state index is 0.0171. The molecular formula is C22H28F3N5O3. The Morgan fingerprint density at radius 1 is 1.24 bits per heavy atom. The molecule has 1 aromatic heterocycles. The van der Waals surface area contributed by atoms with Crippen molar-refractivity contribution in [2.75, 3.05) is 32.8 Å². The van der Waals surface area contributed by atoms with Gasteiger partial charge in [0.2, 0.25) is 5.91 Å². The van der Waals surface area contributed by atoms with Crippen molar-refractivity contribution in [2.24, 2.45) is 11.3 Å². The average Bonchev–Trinajstić information content (AvgIpc) is 3.41. The molecule has 0 bridgehead atoms. The summed E-state index contributed by atoms with van der Waals surface area (Å²) in [4.78, 5) is 32.2. The number of hydrogen-bond donors (Lipinski definition) is 1. The van der Waals surface area contributed by atoms with Crippen molar-refractivity contribution in [1.29, 1.82) is 0 Å². The quantitative estimate of drug-likeness (QED) is 0.737. The number of morpholine rings is 1. The van der Waals surface area contributed by atoms with Crippen LogP contribution in [0, 0.1) is 11.3 Å². The highest BCUT2D eigenvalue weighted by Gasteiger charge is 2.65. The van der Waals surface area contributed by atoms with Crippen LogP contribution < -0.4 is 5.32 Å². The number of nitrogens with zero attached hydrogens (tertiary/aromatic N) is 4. The Hall–Kier alpha value is -2.30. The number of nitrogens with one attached hydrogen (secondary N) is 1. The number of piperidine rings is 1. The molecule has 5 aliphatic rings. The highest BCUT2D eigenvalue weighted by Crippen LogP contribution is 2.58. The van der Waals surface area contributed by atoms with Crippen molar-refractivity contribution in [3.8, 4) is 0 Å². The number of alkyl halides is 3. The molecule has 3 amide bonds. The van der Waals surface area contributed by atoms with E-state index in [1.165, 1.54) is 6.33 Å². The van der Waals surface area contributed by atoms with Crippen molar-refractivity contribution in [3.05, 3.63) is 18.2 Å². The lowest BCUT2D eigenvalue weighted by Crippen LogP contribution is -2.68. The Kier molecular flexibility index (Phi) is 4.57. The van der Waals surface area contributed by atoms with Crippen LogP contribution in [0.5, 0.6) is 0 Å². The van der Waals surface area contributed by atoms with Gasteiger partial charge < -0.3 is 24.4 Å². The van der Waals surface area contributed by atoms with Gasteiger partial charge >= 0.3 is 12.2 Å². The van der Waals surface area contributed by atoms with Crippen molar-refractivity contribution >= 4 is 11.9 Å². The van der Waals surface area contributed by atoms with E-state index in [1.54, 1.807) is 15.7 Å². The van der Waals surface area contributed by atoms with E-state index < -0.39 is 11.6 Å². The zero-order valence-electron chi connectivity index (χ0n) is 18.3. The molecule has 1 N–H and O–H groups in total. The maximum Gasteiger partial charge on any atom is 0.400 e. The van der Waals surface area contributed by atoms with E-state index in [9.17, 15) is 22.8 Å². The summed E-state index contributed by atoms with van der Waals surface area (Å²) in [7, 11) is 0. The minimum Gasteiger partial charge on any atom is -0.366 e. The molecule has 0 radical (unpaired) electrons. The third-order valence-electron chi connectivity index (χ3n) is 8.25. The largest absolute Gasteiger partial charge is 0.400 e. The van der Waals surface area contributed by atoms with E-state index >= 15 is 0 Å². The number of ether oxygens (including phenoxy) is 1. The molecule has 4 heterocycles. The van der Waals surface area contributed by atoms with Crippen molar-refractivity contribution in [1.82, 2.24) is 24.7 Å². The highest BCUT2D eigenvalue weighted by molar-refractivity contribution is 5.79. The number of urea groups is 1. The standard InChI is InChI=1S/C22H28F3N5O3/c23-22(24,25)21(2-3-21)17-9-28(13-26-17)7-14-5-20(6-14)11-30(12-20)19(32)29-4-1-16-15(8-29)27-18(31)10-33-16/h9,13-16H,1-8,10-12H2,(H,27,31)/t15-,16?/m1/s1. The maximum atomic E-state index is 13.3. The molecule has 1 aromatic rings. The van der Waals surface area contributed by atoms with Crippen LogP contribution in [0.1, 0.15) is 37.8 Å². The number of hydrogen-bond acceptors (Lipinski definition) is 4. The zero-order chi connectivity index (χ0) is 23.0. The van der Waals surface area contributed by atoms with Crippen LogP contribution in [0.15, 0.2) is 12.5 Å². The van der Waals surface area contributed by atoms with Crippen molar-refractivity contribution in [3.63, 3.8) is 0 Å². The lowest BCUT2D eigenvalue weighted by Gasteiger charge is -2.60. The lowest BCUT2D eigenvalue weighted by molar-refractivity contribution is -0.161. The van der Waals surface area contributed by atoms with Gasteiger partial charge in [0.15, 0.2) is 0 Å². The van der Waals surface area contributed by atoms with Gasteiger partial charge in [-0.2, -0.15) is 13.2 Å². The highest BCUT2D eigenvalue weighted by atomic mass is 19.4. The van der Waals surface area contributed by atoms with Gasteiger partial charge in [-0.1, -0.05) is 0 Å². The number of carbonyl (C=O) groups is 2. The SMILES string of the molecule is O=C1COC2CCN(C(=O)N3CC4(CC(Cn5cnc(C6(C(F)(F)F)CC6)c5)C4)C3)C[C@H]2N1. The number of rotatable bonds is 3. The first kappa shape index (κ1) is 21.2. The van der Waals surface area contributed by atoms with Gasteiger partial charge in [0, 0.05) is 44.3 Å². The van der Waals surface area contributed by atoms with Crippen LogP contribution in [-0.4, -0.2) is 82.4 Å². The van der Waals surface area contributed by atoms with Crippen LogP contribution in [0.2, 0.25) is 0 Å². The predicted octanol–water partition coefficient (Wildman–Crippen LogP) is 1.90. The van der Waals surface area contributed by atoms with Gasteiger partial charge in [0.25, 0.3) is 0 Å². The molecule has 2 atom stereocenters. The summed E-state index contributed by atoms with van der Waals surface area (Å²) in [6.07, 6.45) is 1.77. The fourth-order valence-corrected chi connectivity index (χ4v) is 6.34. The Morgan fingerprint density at radius 2 is 2.00 bits per heavy atom. The number of carbonyl (C=O) groups excluding carboxylic acids is 2. The van der Waals surface area contributed by atoms with Crippen LogP contribution in [0.25, 0.3) is 0 Å². The van der Waals surface area contributed by atoms with E-state index in [4.69, 9.17) is 4.74 Å². The molecule has 180 valence electrons. The summed E-state index contributed by atoms with van der Waals surface area (Å²) in [5.41, 5.74) is -1.43. The van der Waals surface area contributed by atoms with Gasteiger partial charge in [0.05, 0.1) is 24.2 Å². The van der Waals surface area contributed by atoms with Crippen LogP contribution in [0.4, 0.5) is 18.0 Å². The van der Waals surface area contributed by atoms with Gasteiger partial charge in [-0.15, -0.1) is 0 Å². The fraction of sp³-hybridized carbons (Fsp3) is 0.773. The van der Waals surface area contributed by atoms with Gasteiger partial charge in [-0.3, -0.25) is 4.79 Å². The monoisotopic (exact) mass is 467 g/mol. The summed E-state index contributed by atoms with van der Waals surface area (Å²) in [5, 5.41) is 2.92.